The zero-order chi connectivity index (χ0) is 18.4. The van der Waals surface area contributed by atoms with Crippen molar-refractivity contribution in [1.29, 1.82) is 5.26 Å². The van der Waals surface area contributed by atoms with Crippen molar-refractivity contribution in [2.24, 2.45) is 0 Å². The Labute approximate surface area is 153 Å². The topological polar surface area (TPSA) is 85.9 Å². The van der Waals surface area contributed by atoms with Crippen LogP contribution in [0.1, 0.15) is 28.7 Å². The molecule has 0 spiro atoms. The largest absolute Gasteiger partial charge is 0.348 e. The molecular weight excluding hydrogens is 345 g/mol. The van der Waals surface area contributed by atoms with E-state index in [9.17, 15) is 9.65 Å². The van der Waals surface area contributed by atoms with E-state index in [-0.39, 0.29) is 11.9 Å². The average molecular weight is 359 g/mol. The van der Waals surface area contributed by atoms with Crippen LogP contribution < -0.4 is 4.90 Å². The Morgan fingerprint density at radius 3 is 3.04 bits per heavy atom. The molecule has 1 atom stereocenters. The number of nitrogens with zero attached hydrogens (tertiary/aromatic N) is 6. The second kappa shape index (κ2) is 5.92. The lowest BCUT2D eigenvalue weighted by atomic mass is 9.99. The summed E-state index contributed by atoms with van der Waals surface area (Å²) in [6.07, 6.45) is 5.77. The first-order chi connectivity index (χ1) is 13.2. The molecular formula is C19H14FN7. The highest BCUT2D eigenvalue weighted by atomic mass is 19.1. The van der Waals surface area contributed by atoms with Crippen LogP contribution in [0.15, 0.2) is 49.1 Å². The monoisotopic (exact) mass is 359 g/mol. The Bertz CT molecular complexity index is 1190. The third-order valence-electron chi connectivity index (χ3n) is 4.84. The Balaban J connectivity index is 1.69. The van der Waals surface area contributed by atoms with Gasteiger partial charge in [-0.25, -0.2) is 18.9 Å². The van der Waals surface area contributed by atoms with Gasteiger partial charge >= 0.3 is 0 Å². The van der Waals surface area contributed by atoms with Gasteiger partial charge in [-0.3, -0.25) is 0 Å². The number of anilines is 1. The van der Waals surface area contributed by atoms with Crippen LogP contribution >= 0.6 is 0 Å². The van der Waals surface area contributed by atoms with Gasteiger partial charge in [0, 0.05) is 31.1 Å². The molecule has 0 aromatic carbocycles. The van der Waals surface area contributed by atoms with Gasteiger partial charge in [-0.15, -0.1) is 0 Å². The van der Waals surface area contributed by atoms with E-state index in [1.807, 2.05) is 0 Å². The first kappa shape index (κ1) is 15.5. The SMILES string of the molecule is N#Cc1ccnc(N2CCc3[nH]cnc3[C@@H]2c2cc3c(F)cccn3n2)c1. The molecule has 0 aliphatic carbocycles. The lowest BCUT2D eigenvalue weighted by molar-refractivity contribution is 0.609. The van der Waals surface area contributed by atoms with E-state index < -0.39 is 0 Å². The van der Waals surface area contributed by atoms with Crippen molar-refractivity contribution in [1.82, 2.24) is 24.6 Å². The summed E-state index contributed by atoms with van der Waals surface area (Å²) in [5.74, 6) is 0.343. The molecule has 1 N–H and O–H groups in total. The van der Waals surface area contributed by atoms with Gasteiger partial charge in [-0.2, -0.15) is 10.4 Å². The number of halogens is 1. The number of imidazole rings is 1. The molecule has 4 aromatic rings. The molecule has 132 valence electrons. The predicted molar refractivity (Wildman–Crippen MR) is 95.6 cm³/mol. The molecule has 7 nitrogen and oxygen atoms in total. The van der Waals surface area contributed by atoms with Crippen molar-refractivity contribution >= 4 is 11.3 Å². The van der Waals surface area contributed by atoms with Gasteiger partial charge in [0.2, 0.25) is 0 Å². The maximum atomic E-state index is 14.2. The van der Waals surface area contributed by atoms with Crippen LogP contribution in [0.25, 0.3) is 5.52 Å². The summed E-state index contributed by atoms with van der Waals surface area (Å²) in [6.45, 7) is 0.679. The molecule has 0 saturated carbocycles. The lowest BCUT2D eigenvalue weighted by Crippen LogP contribution is -2.37. The fourth-order valence-corrected chi connectivity index (χ4v) is 3.60. The molecule has 0 fully saturated rings. The van der Waals surface area contributed by atoms with E-state index in [1.165, 1.54) is 10.6 Å². The number of rotatable bonds is 2. The van der Waals surface area contributed by atoms with E-state index in [4.69, 9.17) is 0 Å². The highest BCUT2D eigenvalue weighted by molar-refractivity contribution is 5.55. The number of hydrogen-bond acceptors (Lipinski definition) is 5. The molecule has 5 rings (SSSR count). The van der Waals surface area contributed by atoms with Crippen molar-refractivity contribution < 1.29 is 4.39 Å². The van der Waals surface area contributed by atoms with Crippen molar-refractivity contribution in [2.45, 2.75) is 12.5 Å². The molecule has 0 saturated heterocycles. The molecule has 27 heavy (non-hydrogen) atoms. The van der Waals surface area contributed by atoms with E-state index >= 15 is 0 Å². The van der Waals surface area contributed by atoms with Crippen LogP contribution in [0, 0.1) is 17.1 Å². The zero-order valence-corrected chi connectivity index (χ0v) is 14.2. The Kier molecular flexibility index (Phi) is 3.40. The van der Waals surface area contributed by atoms with Crippen LogP contribution in [-0.2, 0) is 6.42 Å². The first-order valence-corrected chi connectivity index (χ1v) is 8.53. The summed E-state index contributed by atoms with van der Waals surface area (Å²) < 4.78 is 15.7. The van der Waals surface area contributed by atoms with Crippen molar-refractivity contribution in [2.75, 3.05) is 11.4 Å². The van der Waals surface area contributed by atoms with Gasteiger partial charge in [0.1, 0.15) is 23.2 Å². The Hall–Kier alpha value is -3.73. The van der Waals surface area contributed by atoms with Gasteiger partial charge in [0.05, 0.1) is 29.3 Å². The number of fused-ring (bicyclic) bond motifs is 2. The number of aromatic amines is 1. The van der Waals surface area contributed by atoms with E-state index in [2.05, 4.69) is 31.0 Å². The molecule has 4 aromatic heterocycles. The molecule has 0 amide bonds. The summed E-state index contributed by atoms with van der Waals surface area (Å²) in [4.78, 5) is 14.2. The normalized spacial score (nSPS) is 16.3. The van der Waals surface area contributed by atoms with E-state index in [0.717, 1.165) is 17.8 Å². The summed E-state index contributed by atoms with van der Waals surface area (Å²) in [7, 11) is 0. The average Bonchev–Trinajstić information content (AvgIpc) is 3.34. The second-order valence-electron chi connectivity index (χ2n) is 6.38. The fourth-order valence-electron chi connectivity index (χ4n) is 3.60. The lowest BCUT2D eigenvalue weighted by Gasteiger charge is -2.34. The summed E-state index contributed by atoms with van der Waals surface area (Å²) in [6, 6.07) is 10.0. The van der Waals surface area contributed by atoms with Crippen molar-refractivity contribution in [3.05, 3.63) is 77.5 Å². The first-order valence-electron chi connectivity index (χ1n) is 8.53. The minimum absolute atomic E-state index is 0.319. The number of aromatic nitrogens is 5. The Morgan fingerprint density at radius 1 is 1.26 bits per heavy atom. The van der Waals surface area contributed by atoms with Gasteiger partial charge in [-0.05, 0) is 30.3 Å². The van der Waals surface area contributed by atoms with Gasteiger partial charge in [0.25, 0.3) is 0 Å². The van der Waals surface area contributed by atoms with E-state index in [1.54, 1.807) is 43.0 Å². The van der Waals surface area contributed by atoms with E-state index in [0.29, 0.717) is 29.1 Å². The zero-order valence-electron chi connectivity index (χ0n) is 14.2. The van der Waals surface area contributed by atoms with Gasteiger partial charge in [0.15, 0.2) is 0 Å². The fraction of sp³-hybridized carbons (Fsp3) is 0.158. The smallest absolute Gasteiger partial charge is 0.148 e. The van der Waals surface area contributed by atoms with Crippen molar-refractivity contribution in [3.8, 4) is 6.07 Å². The maximum Gasteiger partial charge on any atom is 0.148 e. The molecule has 1 aliphatic rings. The molecule has 5 heterocycles. The minimum Gasteiger partial charge on any atom is -0.348 e. The Morgan fingerprint density at radius 2 is 2.19 bits per heavy atom. The second-order valence-corrected chi connectivity index (χ2v) is 6.38. The standard InChI is InChI=1S/C19H14FN7/c20-13-2-1-6-27-16(13)9-15(25-27)19-18-14(23-11-24-18)4-7-26(19)17-8-12(10-21)3-5-22-17/h1-3,5-6,8-9,11,19H,4,7H2,(H,23,24)/t19-/m0/s1. The molecule has 0 unspecified atom stereocenters. The number of hydrogen-bond donors (Lipinski definition) is 1. The molecule has 1 aliphatic heterocycles. The third-order valence-corrected chi connectivity index (χ3v) is 4.84. The highest BCUT2D eigenvalue weighted by Crippen LogP contribution is 2.36. The minimum atomic E-state index is -0.328. The molecule has 0 radical (unpaired) electrons. The van der Waals surface area contributed by atoms with Crippen molar-refractivity contribution in [3.63, 3.8) is 0 Å². The summed E-state index contributed by atoms with van der Waals surface area (Å²) in [5.41, 5.74) is 3.50. The summed E-state index contributed by atoms with van der Waals surface area (Å²) >= 11 is 0. The van der Waals surface area contributed by atoms with Crippen LogP contribution in [0.4, 0.5) is 10.2 Å². The molecule has 0 bridgehead atoms. The highest BCUT2D eigenvalue weighted by Gasteiger charge is 2.34. The predicted octanol–water partition coefficient (Wildman–Crippen LogP) is 2.62. The van der Waals surface area contributed by atoms with Crippen LogP contribution in [0.2, 0.25) is 0 Å². The van der Waals surface area contributed by atoms with Crippen LogP contribution in [-0.4, -0.2) is 31.1 Å². The summed E-state index contributed by atoms with van der Waals surface area (Å²) in [5, 5.41) is 13.8. The maximum absolute atomic E-state index is 14.2. The number of pyridine rings is 2. The van der Waals surface area contributed by atoms with Gasteiger partial charge < -0.3 is 9.88 Å². The van der Waals surface area contributed by atoms with Crippen LogP contribution in [0.5, 0.6) is 0 Å². The molecule has 8 heteroatoms. The number of nitrogens with one attached hydrogen (secondary N) is 1. The van der Waals surface area contributed by atoms with Crippen LogP contribution in [0.3, 0.4) is 0 Å². The number of H-pyrrole nitrogens is 1. The third kappa shape index (κ3) is 2.44. The number of nitriles is 1. The van der Waals surface area contributed by atoms with Gasteiger partial charge in [-0.1, -0.05) is 0 Å². The quantitative estimate of drug-likeness (QED) is 0.595.